The third-order valence-corrected chi connectivity index (χ3v) is 4.14. The van der Waals surface area contributed by atoms with Gasteiger partial charge in [0.1, 0.15) is 5.82 Å². The lowest BCUT2D eigenvalue weighted by Gasteiger charge is -2.18. The Kier molecular flexibility index (Phi) is 7.10. The van der Waals surface area contributed by atoms with Crippen LogP contribution >= 0.6 is 0 Å². The van der Waals surface area contributed by atoms with Crippen molar-refractivity contribution >= 4 is 5.91 Å². The van der Waals surface area contributed by atoms with Crippen molar-refractivity contribution < 1.29 is 14.3 Å². The summed E-state index contributed by atoms with van der Waals surface area (Å²) in [6.07, 6.45) is 0.116. The molecule has 3 N–H and O–H groups in total. The van der Waals surface area contributed by atoms with Gasteiger partial charge in [-0.15, -0.1) is 0 Å². The Morgan fingerprint density at radius 3 is 2.28 bits per heavy atom. The minimum atomic E-state index is -0.681. The first-order valence-electron chi connectivity index (χ1n) is 8.46. The molecule has 0 aliphatic heterocycles. The highest BCUT2D eigenvalue weighted by Gasteiger charge is 2.11. The molecule has 4 nitrogen and oxygen atoms in total. The first kappa shape index (κ1) is 19.1. The molecule has 5 heteroatoms. The SMILES string of the molecule is CC(=O)NCCc1ccc(C(C)NCC(O)c2ccc(F)cc2)cc1. The van der Waals surface area contributed by atoms with Gasteiger partial charge >= 0.3 is 0 Å². The van der Waals surface area contributed by atoms with Gasteiger partial charge in [-0.25, -0.2) is 4.39 Å². The van der Waals surface area contributed by atoms with Crippen LogP contribution in [-0.4, -0.2) is 24.1 Å². The zero-order valence-corrected chi connectivity index (χ0v) is 14.6. The van der Waals surface area contributed by atoms with Crippen molar-refractivity contribution in [3.8, 4) is 0 Å². The molecule has 0 fully saturated rings. The van der Waals surface area contributed by atoms with E-state index in [1.807, 2.05) is 31.2 Å². The second kappa shape index (κ2) is 9.30. The Bertz CT molecular complexity index is 671. The van der Waals surface area contributed by atoms with E-state index in [4.69, 9.17) is 0 Å². The van der Waals surface area contributed by atoms with E-state index in [1.165, 1.54) is 19.1 Å². The van der Waals surface area contributed by atoms with Crippen LogP contribution in [0.3, 0.4) is 0 Å². The molecule has 0 aromatic heterocycles. The number of hydrogen-bond acceptors (Lipinski definition) is 3. The Hall–Kier alpha value is -2.24. The number of benzene rings is 2. The molecule has 0 spiro atoms. The fraction of sp³-hybridized carbons (Fsp3) is 0.350. The lowest BCUT2D eigenvalue weighted by Crippen LogP contribution is -2.24. The predicted octanol–water partition coefficient (Wildman–Crippen LogP) is 2.89. The Morgan fingerprint density at radius 1 is 1.08 bits per heavy atom. The molecule has 0 heterocycles. The summed E-state index contributed by atoms with van der Waals surface area (Å²) in [5.74, 6) is -0.329. The van der Waals surface area contributed by atoms with E-state index in [-0.39, 0.29) is 17.8 Å². The van der Waals surface area contributed by atoms with Gasteiger partial charge in [0.05, 0.1) is 6.10 Å². The monoisotopic (exact) mass is 344 g/mol. The predicted molar refractivity (Wildman–Crippen MR) is 96.6 cm³/mol. The summed E-state index contributed by atoms with van der Waals surface area (Å²) in [4.78, 5) is 10.9. The van der Waals surface area contributed by atoms with Crippen LogP contribution in [0.25, 0.3) is 0 Å². The standard InChI is InChI=1S/C20H25FN2O2/c1-14(23-13-20(25)18-7-9-19(21)10-8-18)17-5-3-16(4-6-17)11-12-22-15(2)24/h3-10,14,20,23,25H,11-13H2,1-2H3,(H,22,24). The van der Waals surface area contributed by atoms with Gasteiger partial charge in [0, 0.05) is 26.1 Å². The molecule has 2 aromatic rings. The molecule has 0 saturated carbocycles. The van der Waals surface area contributed by atoms with Gasteiger partial charge in [0.25, 0.3) is 0 Å². The molecule has 0 bridgehead atoms. The zero-order valence-electron chi connectivity index (χ0n) is 14.6. The number of hydrogen-bond donors (Lipinski definition) is 3. The molecule has 25 heavy (non-hydrogen) atoms. The van der Waals surface area contributed by atoms with Crippen molar-refractivity contribution in [1.29, 1.82) is 0 Å². The normalized spacial score (nSPS) is 13.3. The number of aliphatic hydroxyl groups excluding tert-OH is 1. The van der Waals surface area contributed by atoms with Crippen molar-refractivity contribution in [2.45, 2.75) is 32.4 Å². The fourth-order valence-electron chi connectivity index (χ4n) is 2.56. The van der Waals surface area contributed by atoms with Gasteiger partial charge in [-0.2, -0.15) is 0 Å². The summed E-state index contributed by atoms with van der Waals surface area (Å²) in [5, 5.41) is 16.2. The molecular formula is C20H25FN2O2. The van der Waals surface area contributed by atoms with Crippen LogP contribution in [0.15, 0.2) is 48.5 Å². The molecule has 2 atom stereocenters. The van der Waals surface area contributed by atoms with Crippen LogP contribution in [0.5, 0.6) is 0 Å². The van der Waals surface area contributed by atoms with Gasteiger partial charge in [-0.1, -0.05) is 36.4 Å². The number of aliphatic hydroxyl groups is 1. The highest BCUT2D eigenvalue weighted by molar-refractivity contribution is 5.72. The van der Waals surface area contributed by atoms with E-state index in [9.17, 15) is 14.3 Å². The van der Waals surface area contributed by atoms with Gasteiger partial charge in [0.2, 0.25) is 5.91 Å². The molecule has 0 aliphatic carbocycles. The van der Waals surface area contributed by atoms with E-state index >= 15 is 0 Å². The second-order valence-electron chi connectivity index (χ2n) is 6.17. The lowest BCUT2D eigenvalue weighted by molar-refractivity contribution is -0.118. The van der Waals surface area contributed by atoms with Crippen molar-refractivity contribution in [3.63, 3.8) is 0 Å². The van der Waals surface area contributed by atoms with E-state index in [1.54, 1.807) is 12.1 Å². The minimum Gasteiger partial charge on any atom is -0.387 e. The molecule has 0 radical (unpaired) electrons. The molecule has 1 amide bonds. The van der Waals surface area contributed by atoms with E-state index < -0.39 is 6.10 Å². The van der Waals surface area contributed by atoms with Crippen LogP contribution in [0.4, 0.5) is 4.39 Å². The van der Waals surface area contributed by atoms with Crippen molar-refractivity contribution in [1.82, 2.24) is 10.6 Å². The number of carbonyl (C=O) groups excluding carboxylic acids is 1. The number of carbonyl (C=O) groups is 1. The van der Waals surface area contributed by atoms with Gasteiger partial charge in [-0.3, -0.25) is 4.79 Å². The smallest absolute Gasteiger partial charge is 0.216 e. The summed E-state index contributed by atoms with van der Waals surface area (Å²) < 4.78 is 12.9. The Morgan fingerprint density at radius 2 is 1.68 bits per heavy atom. The Labute approximate surface area is 148 Å². The van der Waals surface area contributed by atoms with Gasteiger partial charge < -0.3 is 15.7 Å². The van der Waals surface area contributed by atoms with E-state index in [2.05, 4.69) is 10.6 Å². The molecule has 0 saturated heterocycles. The summed E-state index contributed by atoms with van der Waals surface area (Å²) in [7, 11) is 0. The van der Waals surface area contributed by atoms with Crippen LogP contribution in [-0.2, 0) is 11.2 Å². The van der Waals surface area contributed by atoms with E-state index in [0.717, 1.165) is 17.5 Å². The van der Waals surface area contributed by atoms with Crippen molar-refractivity contribution in [2.24, 2.45) is 0 Å². The summed E-state index contributed by atoms with van der Waals surface area (Å²) in [6.45, 7) is 4.56. The molecular weight excluding hydrogens is 319 g/mol. The quantitative estimate of drug-likeness (QED) is 0.690. The maximum absolute atomic E-state index is 12.9. The average molecular weight is 344 g/mol. The third-order valence-electron chi connectivity index (χ3n) is 4.14. The summed E-state index contributed by atoms with van der Waals surface area (Å²) >= 11 is 0. The highest BCUT2D eigenvalue weighted by Crippen LogP contribution is 2.17. The molecule has 2 aromatic carbocycles. The highest BCUT2D eigenvalue weighted by atomic mass is 19.1. The van der Waals surface area contributed by atoms with Crippen LogP contribution in [0.1, 0.15) is 42.7 Å². The first-order valence-corrected chi connectivity index (χ1v) is 8.46. The summed E-state index contributed by atoms with van der Waals surface area (Å²) in [5.41, 5.74) is 2.97. The number of amides is 1. The summed E-state index contributed by atoms with van der Waals surface area (Å²) in [6, 6.07) is 14.2. The number of halogens is 1. The zero-order chi connectivity index (χ0) is 18.2. The minimum absolute atomic E-state index is 0.0193. The topological polar surface area (TPSA) is 61.4 Å². The fourth-order valence-corrected chi connectivity index (χ4v) is 2.56. The van der Waals surface area contributed by atoms with Crippen molar-refractivity contribution in [2.75, 3.05) is 13.1 Å². The molecule has 134 valence electrons. The number of rotatable bonds is 8. The van der Waals surface area contributed by atoms with Gasteiger partial charge in [0.15, 0.2) is 0 Å². The van der Waals surface area contributed by atoms with E-state index in [0.29, 0.717) is 18.7 Å². The number of nitrogens with one attached hydrogen (secondary N) is 2. The Balaban J connectivity index is 1.82. The largest absolute Gasteiger partial charge is 0.387 e. The average Bonchev–Trinajstić information content (AvgIpc) is 2.60. The van der Waals surface area contributed by atoms with Gasteiger partial charge in [-0.05, 0) is 42.2 Å². The van der Waals surface area contributed by atoms with Crippen LogP contribution in [0.2, 0.25) is 0 Å². The first-order chi connectivity index (χ1) is 12.0. The van der Waals surface area contributed by atoms with Crippen molar-refractivity contribution in [3.05, 3.63) is 71.0 Å². The van der Waals surface area contributed by atoms with Crippen LogP contribution in [0, 0.1) is 5.82 Å². The van der Waals surface area contributed by atoms with Crippen LogP contribution < -0.4 is 10.6 Å². The molecule has 0 aliphatic rings. The second-order valence-corrected chi connectivity index (χ2v) is 6.17. The molecule has 2 unspecified atom stereocenters. The maximum atomic E-state index is 12.9. The third kappa shape index (κ3) is 6.29. The maximum Gasteiger partial charge on any atom is 0.216 e. The lowest BCUT2D eigenvalue weighted by atomic mass is 10.0. The molecule has 2 rings (SSSR count).